The molecule has 1 fully saturated rings. The third-order valence-electron chi connectivity index (χ3n) is 5.02. The maximum absolute atomic E-state index is 12.4. The molecule has 0 aromatic heterocycles. The molecule has 0 saturated heterocycles. The Balaban J connectivity index is 1.60. The van der Waals surface area contributed by atoms with E-state index < -0.39 is 0 Å². The number of urea groups is 1. The second-order valence-corrected chi connectivity index (χ2v) is 6.52. The Morgan fingerprint density at radius 2 is 2.18 bits per heavy atom. The standard InChI is InChI=1S/C17H24N2O3/c1-19(10-11-4-2-6-15(11)20)17(22)18-14-9-8-13-12(14)5-3-7-16(13)21/h3,5,7,11,14-15,20-21H,2,4,6,8-10H2,1H3,(H,18,22). The first kappa shape index (κ1) is 15.2. The predicted molar refractivity (Wildman–Crippen MR) is 83.7 cm³/mol. The van der Waals surface area contributed by atoms with Gasteiger partial charge in [0.1, 0.15) is 5.75 Å². The molecule has 3 N–H and O–H groups in total. The molecule has 1 aromatic carbocycles. The number of amides is 2. The summed E-state index contributed by atoms with van der Waals surface area (Å²) in [4.78, 5) is 14.0. The van der Waals surface area contributed by atoms with Crippen LogP contribution in [0.15, 0.2) is 18.2 Å². The van der Waals surface area contributed by atoms with E-state index in [1.54, 1.807) is 18.0 Å². The zero-order chi connectivity index (χ0) is 15.7. The summed E-state index contributed by atoms with van der Waals surface area (Å²) < 4.78 is 0. The number of hydrogen-bond acceptors (Lipinski definition) is 3. The number of phenols is 1. The molecule has 3 atom stereocenters. The van der Waals surface area contributed by atoms with Crippen LogP contribution in [0.2, 0.25) is 0 Å². The Morgan fingerprint density at radius 1 is 1.36 bits per heavy atom. The number of fused-ring (bicyclic) bond motifs is 1. The third kappa shape index (κ3) is 2.90. The van der Waals surface area contributed by atoms with Crippen molar-refractivity contribution in [1.82, 2.24) is 10.2 Å². The van der Waals surface area contributed by atoms with E-state index in [0.717, 1.165) is 43.2 Å². The van der Waals surface area contributed by atoms with Gasteiger partial charge in [-0.1, -0.05) is 18.6 Å². The molecule has 1 saturated carbocycles. The molecule has 3 rings (SSSR count). The van der Waals surface area contributed by atoms with Gasteiger partial charge in [-0.15, -0.1) is 0 Å². The smallest absolute Gasteiger partial charge is 0.317 e. The van der Waals surface area contributed by atoms with Crippen LogP contribution < -0.4 is 5.32 Å². The van der Waals surface area contributed by atoms with Crippen LogP contribution in [-0.4, -0.2) is 40.8 Å². The molecule has 0 spiro atoms. The first-order valence-electron chi connectivity index (χ1n) is 8.06. The van der Waals surface area contributed by atoms with Crippen molar-refractivity contribution in [2.24, 2.45) is 5.92 Å². The van der Waals surface area contributed by atoms with Gasteiger partial charge in [-0.3, -0.25) is 0 Å². The highest BCUT2D eigenvalue weighted by Gasteiger charge is 2.30. The molecular weight excluding hydrogens is 280 g/mol. The van der Waals surface area contributed by atoms with Crippen LogP contribution in [-0.2, 0) is 6.42 Å². The minimum absolute atomic E-state index is 0.0365. The molecule has 22 heavy (non-hydrogen) atoms. The zero-order valence-electron chi connectivity index (χ0n) is 13.0. The van der Waals surface area contributed by atoms with Gasteiger partial charge in [0.25, 0.3) is 0 Å². The number of carbonyl (C=O) groups is 1. The molecule has 1 aromatic rings. The number of nitrogens with zero attached hydrogens (tertiary/aromatic N) is 1. The SMILES string of the molecule is CN(CC1CCCC1O)C(=O)NC1CCc2c(O)cccc21. The summed E-state index contributed by atoms with van der Waals surface area (Å²) in [7, 11) is 1.78. The monoisotopic (exact) mass is 304 g/mol. The van der Waals surface area contributed by atoms with E-state index in [1.165, 1.54) is 0 Å². The Morgan fingerprint density at radius 3 is 2.91 bits per heavy atom. The normalized spacial score (nSPS) is 26.7. The summed E-state index contributed by atoms with van der Waals surface area (Å²) in [5.74, 6) is 0.507. The molecule has 2 aliphatic rings. The topological polar surface area (TPSA) is 72.8 Å². The fourth-order valence-corrected chi connectivity index (χ4v) is 3.71. The van der Waals surface area contributed by atoms with E-state index in [1.807, 2.05) is 12.1 Å². The Kier molecular flexibility index (Phi) is 4.25. The molecule has 120 valence electrons. The fourth-order valence-electron chi connectivity index (χ4n) is 3.71. The van der Waals surface area contributed by atoms with E-state index >= 15 is 0 Å². The lowest BCUT2D eigenvalue weighted by atomic mass is 10.1. The summed E-state index contributed by atoms with van der Waals surface area (Å²) in [6.07, 6.45) is 4.20. The van der Waals surface area contributed by atoms with E-state index in [-0.39, 0.29) is 24.1 Å². The van der Waals surface area contributed by atoms with Gasteiger partial charge in [-0.2, -0.15) is 0 Å². The van der Waals surface area contributed by atoms with Crippen LogP contribution in [0.5, 0.6) is 5.75 Å². The molecule has 0 aliphatic heterocycles. The molecular formula is C17H24N2O3. The minimum atomic E-state index is -0.278. The number of aliphatic hydroxyl groups excluding tert-OH is 1. The van der Waals surface area contributed by atoms with Crippen molar-refractivity contribution in [2.45, 2.75) is 44.2 Å². The largest absolute Gasteiger partial charge is 0.508 e. The highest BCUT2D eigenvalue weighted by atomic mass is 16.3. The number of aliphatic hydroxyl groups is 1. The van der Waals surface area contributed by atoms with E-state index in [4.69, 9.17) is 0 Å². The van der Waals surface area contributed by atoms with Gasteiger partial charge in [-0.25, -0.2) is 4.79 Å². The Hall–Kier alpha value is -1.75. The average Bonchev–Trinajstić information content (AvgIpc) is 3.07. The summed E-state index contributed by atoms with van der Waals surface area (Å²) in [6, 6.07) is 5.33. The number of carbonyl (C=O) groups excluding carboxylic acids is 1. The Bertz CT molecular complexity index is 561. The molecule has 3 unspecified atom stereocenters. The summed E-state index contributed by atoms with van der Waals surface area (Å²) in [5.41, 5.74) is 1.96. The maximum Gasteiger partial charge on any atom is 0.317 e. The third-order valence-corrected chi connectivity index (χ3v) is 5.02. The van der Waals surface area contributed by atoms with Crippen LogP contribution >= 0.6 is 0 Å². The van der Waals surface area contributed by atoms with E-state index in [9.17, 15) is 15.0 Å². The number of phenolic OH excluding ortho intramolecular Hbond substituents is 1. The molecule has 0 radical (unpaired) electrons. The van der Waals surface area contributed by atoms with Gasteiger partial charge in [0.05, 0.1) is 12.1 Å². The van der Waals surface area contributed by atoms with Gasteiger partial charge in [0, 0.05) is 19.5 Å². The summed E-state index contributed by atoms with van der Waals surface area (Å²) >= 11 is 0. The lowest BCUT2D eigenvalue weighted by Crippen LogP contribution is -2.42. The number of hydrogen-bond donors (Lipinski definition) is 3. The predicted octanol–water partition coefficient (Wildman–Crippen LogP) is 2.18. The van der Waals surface area contributed by atoms with Crippen molar-refractivity contribution in [3.05, 3.63) is 29.3 Å². The summed E-state index contributed by atoms with van der Waals surface area (Å²) in [5, 5.41) is 22.8. The highest BCUT2D eigenvalue weighted by molar-refractivity contribution is 5.74. The molecule has 2 amide bonds. The van der Waals surface area contributed by atoms with Crippen molar-refractivity contribution in [2.75, 3.05) is 13.6 Å². The molecule has 5 heteroatoms. The zero-order valence-corrected chi connectivity index (χ0v) is 13.0. The van der Waals surface area contributed by atoms with E-state index in [0.29, 0.717) is 12.3 Å². The van der Waals surface area contributed by atoms with Crippen molar-refractivity contribution >= 4 is 6.03 Å². The Labute approximate surface area is 130 Å². The lowest BCUT2D eigenvalue weighted by Gasteiger charge is -2.25. The molecule has 5 nitrogen and oxygen atoms in total. The van der Waals surface area contributed by atoms with Gasteiger partial charge < -0.3 is 20.4 Å². The van der Waals surface area contributed by atoms with Crippen molar-refractivity contribution in [3.8, 4) is 5.75 Å². The number of nitrogens with one attached hydrogen (secondary N) is 1. The van der Waals surface area contributed by atoms with Crippen LogP contribution in [0.3, 0.4) is 0 Å². The molecule has 2 aliphatic carbocycles. The minimum Gasteiger partial charge on any atom is -0.508 e. The quantitative estimate of drug-likeness (QED) is 0.801. The highest BCUT2D eigenvalue weighted by Crippen LogP contribution is 2.36. The number of rotatable bonds is 3. The van der Waals surface area contributed by atoms with E-state index in [2.05, 4.69) is 5.32 Å². The maximum atomic E-state index is 12.4. The van der Waals surface area contributed by atoms with Gasteiger partial charge in [0.2, 0.25) is 0 Å². The lowest BCUT2D eigenvalue weighted by molar-refractivity contribution is 0.113. The van der Waals surface area contributed by atoms with Gasteiger partial charge in [0.15, 0.2) is 0 Å². The van der Waals surface area contributed by atoms with Crippen LogP contribution in [0.4, 0.5) is 4.79 Å². The van der Waals surface area contributed by atoms with Gasteiger partial charge in [-0.05, 0) is 42.9 Å². The number of aromatic hydroxyl groups is 1. The van der Waals surface area contributed by atoms with Crippen molar-refractivity contribution in [1.29, 1.82) is 0 Å². The molecule has 0 heterocycles. The summed E-state index contributed by atoms with van der Waals surface area (Å²) in [6.45, 7) is 0.590. The van der Waals surface area contributed by atoms with Gasteiger partial charge >= 0.3 is 6.03 Å². The average molecular weight is 304 g/mol. The fraction of sp³-hybridized carbons (Fsp3) is 0.588. The van der Waals surface area contributed by atoms with Crippen LogP contribution in [0.25, 0.3) is 0 Å². The second-order valence-electron chi connectivity index (χ2n) is 6.52. The first-order valence-corrected chi connectivity index (χ1v) is 8.06. The molecule has 0 bridgehead atoms. The van der Waals surface area contributed by atoms with Crippen molar-refractivity contribution in [3.63, 3.8) is 0 Å². The van der Waals surface area contributed by atoms with Crippen LogP contribution in [0.1, 0.15) is 42.9 Å². The first-order chi connectivity index (χ1) is 10.6. The van der Waals surface area contributed by atoms with Crippen molar-refractivity contribution < 1.29 is 15.0 Å². The number of benzene rings is 1. The second kappa shape index (κ2) is 6.16. The van der Waals surface area contributed by atoms with Crippen LogP contribution in [0, 0.1) is 5.92 Å².